The Morgan fingerprint density at radius 2 is 1.75 bits per heavy atom. The Hall–Kier alpha value is -3.42. The predicted octanol–water partition coefficient (Wildman–Crippen LogP) is -0.351. The summed E-state index contributed by atoms with van der Waals surface area (Å²) < 4.78 is 17.6. The summed E-state index contributed by atoms with van der Waals surface area (Å²) in [4.78, 5) is 0. The van der Waals surface area contributed by atoms with Crippen LogP contribution in [0, 0.1) is 0 Å². The number of aliphatic hydroxyl groups excluding tert-OH is 4. The number of aromatic nitrogens is 5. The van der Waals surface area contributed by atoms with Gasteiger partial charge in [-0.1, -0.05) is 46.7 Å². The lowest BCUT2D eigenvalue weighted by molar-refractivity contribution is -0.280. The third-order valence-corrected chi connectivity index (χ3v) is 5.20. The summed E-state index contributed by atoms with van der Waals surface area (Å²) in [5, 5.41) is 56.9. The van der Waals surface area contributed by atoms with E-state index in [0.717, 1.165) is 16.5 Å². The molecule has 5 atom stereocenters. The van der Waals surface area contributed by atoms with Crippen molar-refractivity contribution < 1.29 is 34.3 Å². The van der Waals surface area contributed by atoms with Crippen LogP contribution in [0.1, 0.15) is 0 Å². The lowest BCUT2D eigenvalue weighted by atomic mass is 9.99. The number of ether oxygens (including phenoxy) is 2. The minimum Gasteiger partial charge on any atom is -0.416 e. The van der Waals surface area contributed by atoms with Crippen LogP contribution in [0.2, 0.25) is 0 Å². The molecule has 5 rings (SSSR count). The van der Waals surface area contributed by atoms with E-state index in [1.54, 1.807) is 10.9 Å². The maximum atomic E-state index is 10.1. The molecule has 4 N–H and O–H groups in total. The first-order chi connectivity index (χ1) is 15.5. The van der Waals surface area contributed by atoms with E-state index in [9.17, 15) is 20.4 Å². The normalized spacial score (nSPS) is 25.8. The molecule has 0 bridgehead atoms. The largest absolute Gasteiger partial charge is 0.417 e. The van der Waals surface area contributed by atoms with E-state index in [0.29, 0.717) is 0 Å². The highest BCUT2D eigenvalue weighted by atomic mass is 16.7. The van der Waals surface area contributed by atoms with Gasteiger partial charge in [-0.25, -0.2) is 4.68 Å². The molecule has 166 valence electrons. The predicted molar refractivity (Wildman–Crippen MR) is 107 cm³/mol. The van der Waals surface area contributed by atoms with Crippen LogP contribution >= 0.6 is 0 Å². The molecule has 1 saturated heterocycles. The van der Waals surface area contributed by atoms with Crippen LogP contribution in [0.15, 0.2) is 53.1 Å². The van der Waals surface area contributed by atoms with Gasteiger partial charge in [-0.15, -0.1) is 10.2 Å². The van der Waals surface area contributed by atoms with Crippen molar-refractivity contribution in [2.75, 3.05) is 6.61 Å². The molecule has 0 spiro atoms. The summed E-state index contributed by atoms with van der Waals surface area (Å²) in [5.74, 6) is 0.0103. The SMILES string of the molecule is OC[C@H]1O[C@@H](Oc2nnc(-c3cn(-c4cccc5ccccc45)nn3)o2)[C@H](O)[C@@H](O)[C@@H]1O. The summed E-state index contributed by atoms with van der Waals surface area (Å²) in [6.45, 7) is -0.586. The number of fused-ring (bicyclic) bond motifs is 1. The molecular formula is C20H19N5O7. The Kier molecular flexibility index (Phi) is 5.28. The number of hydrogen-bond donors (Lipinski definition) is 4. The van der Waals surface area contributed by atoms with E-state index >= 15 is 0 Å². The molecule has 0 saturated carbocycles. The van der Waals surface area contributed by atoms with Crippen molar-refractivity contribution in [2.24, 2.45) is 0 Å². The average Bonchev–Trinajstić information content (AvgIpc) is 3.49. The second kappa shape index (κ2) is 8.26. The zero-order valence-electron chi connectivity index (χ0n) is 16.5. The summed E-state index contributed by atoms with van der Waals surface area (Å²) in [5.41, 5.74) is 1.10. The lowest BCUT2D eigenvalue weighted by Gasteiger charge is -2.38. The maximum Gasteiger partial charge on any atom is 0.417 e. The minimum absolute atomic E-state index is 0.0103. The van der Waals surface area contributed by atoms with Crippen LogP contribution in [0.3, 0.4) is 0 Å². The molecule has 0 unspecified atom stereocenters. The Balaban J connectivity index is 1.36. The molecule has 0 amide bonds. The molecule has 12 nitrogen and oxygen atoms in total. The van der Waals surface area contributed by atoms with Crippen LogP contribution in [-0.2, 0) is 4.74 Å². The Bertz CT molecular complexity index is 1220. The van der Waals surface area contributed by atoms with Crippen molar-refractivity contribution in [3.8, 4) is 23.3 Å². The number of aliphatic hydroxyl groups is 4. The first-order valence-corrected chi connectivity index (χ1v) is 9.76. The van der Waals surface area contributed by atoms with Crippen LogP contribution in [0.4, 0.5) is 0 Å². The standard InChI is InChI=1S/C20H19N5O7/c26-9-14-15(27)16(28)17(29)19(30-14)32-20-23-22-18(31-20)12-8-25(24-21-12)13-7-3-5-10-4-1-2-6-11(10)13/h1-8,14-17,19,26-29H,9H2/t14-,15-,16+,17-,19+/m1/s1. The Morgan fingerprint density at radius 1 is 0.938 bits per heavy atom. The molecule has 12 heteroatoms. The monoisotopic (exact) mass is 441 g/mol. The second-order valence-electron chi connectivity index (χ2n) is 7.23. The first-order valence-electron chi connectivity index (χ1n) is 9.76. The topological polar surface area (TPSA) is 169 Å². The summed E-state index contributed by atoms with van der Waals surface area (Å²) in [6, 6.07) is 13.7. The molecule has 2 aromatic heterocycles. The quantitative estimate of drug-likeness (QED) is 0.319. The van der Waals surface area contributed by atoms with Crippen LogP contribution in [0.25, 0.3) is 28.0 Å². The van der Waals surface area contributed by atoms with E-state index in [-0.39, 0.29) is 17.7 Å². The minimum atomic E-state index is -1.60. The zero-order valence-corrected chi connectivity index (χ0v) is 16.5. The van der Waals surface area contributed by atoms with Crippen molar-refractivity contribution >= 4 is 10.8 Å². The van der Waals surface area contributed by atoms with E-state index < -0.39 is 37.3 Å². The molecule has 1 fully saturated rings. The second-order valence-corrected chi connectivity index (χ2v) is 7.23. The van der Waals surface area contributed by atoms with Gasteiger partial charge in [-0.05, 0) is 11.5 Å². The van der Waals surface area contributed by atoms with Crippen LogP contribution < -0.4 is 4.74 Å². The molecule has 1 aliphatic heterocycles. The fourth-order valence-electron chi connectivity index (χ4n) is 3.51. The van der Waals surface area contributed by atoms with Crippen molar-refractivity contribution in [1.29, 1.82) is 0 Å². The number of benzene rings is 2. The van der Waals surface area contributed by atoms with Gasteiger partial charge in [0.2, 0.25) is 6.29 Å². The van der Waals surface area contributed by atoms with Gasteiger partial charge in [-0.2, -0.15) is 0 Å². The molecular weight excluding hydrogens is 422 g/mol. The number of rotatable bonds is 5. The smallest absolute Gasteiger partial charge is 0.416 e. The van der Waals surface area contributed by atoms with Crippen LogP contribution in [-0.4, -0.2) is 82.9 Å². The Morgan fingerprint density at radius 3 is 2.59 bits per heavy atom. The summed E-state index contributed by atoms with van der Waals surface area (Å²) in [7, 11) is 0. The van der Waals surface area contributed by atoms with Gasteiger partial charge in [0.25, 0.3) is 5.89 Å². The average molecular weight is 441 g/mol. The fourth-order valence-corrected chi connectivity index (χ4v) is 3.51. The molecule has 1 aliphatic rings. The third kappa shape index (κ3) is 3.59. The van der Waals surface area contributed by atoms with Gasteiger partial charge in [-0.3, -0.25) is 0 Å². The molecule has 0 radical (unpaired) electrons. The van der Waals surface area contributed by atoms with Crippen molar-refractivity contribution in [3.05, 3.63) is 48.7 Å². The van der Waals surface area contributed by atoms with Gasteiger partial charge in [0.05, 0.1) is 18.5 Å². The van der Waals surface area contributed by atoms with Gasteiger partial charge in [0, 0.05) is 5.39 Å². The molecule has 2 aromatic carbocycles. The third-order valence-electron chi connectivity index (χ3n) is 5.20. The van der Waals surface area contributed by atoms with Gasteiger partial charge < -0.3 is 34.3 Å². The van der Waals surface area contributed by atoms with Crippen molar-refractivity contribution in [1.82, 2.24) is 25.2 Å². The van der Waals surface area contributed by atoms with E-state index in [4.69, 9.17) is 13.9 Å². The van der Waals surface area contributed by atoms with E-state index in [1.807, 2.05) is 42.5 Å². The van der Waals surface area contributed by atoms with Crippen molar-refractivity contribution in [3.63, 3.8) is 0 Å². The first kappa shape index (κ1) is 20.5. The highest BCUT2D eigenvalue weighted by Gasteiger charge is 2.45. The Labute approximate surface area is 180 Å². The van der Waals surface area contributed by atoms with Crippen LogP contribution in [0.5, 0.6) is 6.08 Å². The van der Waals surface area contributed by atoms with Gasteiger partial charge in [0.15, 0.2) is 5.69 Å². The van der Waals surface area contributed by atoms with E-state index in [1.165, 1.54) is 0 Å². The molecule has 32 heavy (non-hydrogen) atoms. The molecule has 3 heterocycles. The maximum absolute atomic E-state index is 10.1. The van der Waals surface area contributed by atoms with E-state index in [2.05, 4.69) is 20.5 Å². The lowest BCUT2D eigenvalue weighted by Crippen LogP contribution is -2.60. The van der Waals surface area contributed by atoms with Gasteiger partial charge >= 0.3 is 6.08 Å². The molecule has 0 aliphatic carbocycles. The fraction of sp³-hybridized carbons (Fsp3) is 0.300. The number of nitrogens with zero attached hydrogens (tertiary/aromatic N) is 5. The van der Waals surface area contributed by atoms with Gasteiger partial charge in [0.1, 0.15) is 24.4 Å². The molecule has 4 aromatic rings. The highest BCUT2D eigenvalue weighted by molar-refractivity contribution is 5.90. The summed E-state index contributed by atoms with van der Waals surface area (Å²) >= 11 is 0. The van der Waals surface area contributed by atoms with Crippen molar-refractivity contribution in [2.45, 2.75) is 30.7 Å². The highest BCUT2D eigenvalue weighted by Crippen LogP contribution is 2.27. The summed E-state index contributed by atoms with van der Waals surface area (Å²) in [6.07, 6.45) is -6.00. The number of hydrogen-bond acceptors (Lipinski definition) is 11. The zero-order chi connectivity index (χ0) is 22.2.